The van der Waals surface area contributed by atoms with Crippen LogP contribution in [0.3, 0.4) is 0 Å². The minimum atomic E-state index is -0.184. The van der Waals surface area contributed by atoms with Crippen molar-refractivity contribution in [3.8, 4) is 80.5 Å². The van der Waals surface area contributed by atoms with E-state index in [2.05, 4.69) is 60.6 Å². The average Bonchev–Trinajstić information content (AvgIpc) is 3.58. The smallest absolute Gasteiger partial charge is 0.133 e. The summed E-state index contributed by atoms with van der Waals surface area (Å²) in [6.45, 7) is 19.4. The molecule has 14 nitrogen and oxygen atoms in total. The normalized spacial score (nSPS) is 19.9. The van der Waals surface area contributed by atoms with E-state index in [1.54, 1.807) is 39.5 Å². The van der Waals surface area contributed by atoms with Crippen LogP contribution < -0.4 is 52.1 Å². The minimum Gasteiger partial charge on any atom is -0.508 e. The third kappa shape index (κ3) is 12.3. The van der Waals surface area contributed by atoms with Gasteiger partial charge in [-0.05, 0) is 143 Å². The van der Waals surface area contributed by atoms with E-state index in [-0.39, 0.29) is 51.8 Å². The lowest BCUT2D eigenvalue weighted by atomic mass is 9.85. The molecule has 3 N–H and O–H groups in total. The Kier molecular flexibility index (Phi) is 16.7. The summed E-state index contributed by atoms with van der Waals surface area (Å²) in [7, 11) is 4.95. The molecule has 12 rings (SSSR count). The number of hydrogen-bond donors (Lipinski definition) is 3. The van der Waals surface area contributed by atoms with Crippen LogP contribution in [-0.2, 0) is 38.5 Å². The number of aromatic hydroxyl groups is 3. The van der Waals surface area contributed by atoms with Crippen LogP contribution in [0.15, 0.2) is 78.9 Å². The topological polar surface area (TPSA) is 162 Å². The highest BCUT2D eigenvalue weighted by molar-refractivity contribution is 5.62. The number of phenols is 3. The molecular weight excluding hydrogens is 1040 g/mol. The Bertz CT molecular complexity index is 3290. The summed E-state index contributed by atoms with van der Waals surface area (Å²) >= 11 is 0. The van der Waals surface area contributed by atoms with E-state index in [4.69, 9.17) is 52.1 Å². The Labute approximate surface area is 483 Å². The van der Waals surface area contributed by atoms with Gasteiger partial charge in [0.25, 0.3) is 0 Å². The molecule has 0 bridgehead atoms. The summed E-state index contributed by atoms with van der Waals surface area (Å²) in [4.78, 5) is 0. The van der Waals surface area contributed by atoms with Crippen molar-refractivity contribution in [1.29, 1.82) is 0 Å². The Hall–Kier alpha value is -7.48. The van der Waals surface area contributed by atoms with Crippen molar-refractivity contribution < 1.29 is 67.4 Å². The Morgan fingerprint density at radius 3 is 1.30 bits per heavy atom. The number of rotatable bonds is 11. The second kappa shape index (κ2) is 23.8. The number of hydrogen-bond acceptors (Lipinski definition) is 14. The number of methoxy groups -OCH3 is 3. The molecule has 6 aliphatic rings. The molecule has 0 fully saturated rings. The lowest BCUT2D eigenvalue weighted by Gasteiger charge is -2.36. The highest BCUT2D eigenvalue weighted by Gasteiger charge is 2.38. The highest BCUT2D eigenvalue weighted by Crippen LogP contribution is 2.52. The summed E-state index contributed by atoms with van der Waals surface area (Å²) in [6, 6.07) is 24.7. The van der Waals surface area contributed by atoms with Crippen LogP contribution in [0, 0.1) is 0 Å². The summed E-state index contributed by atoms with van der Waals surface area (Å²) in [5.41, 5.74) is 8.90. The van der Waals surface area contributed by atoms with Crippen molar-refractivity contribution >= 4 is 0 Å². The van der Waals surface area contributed by atoms with Crippen LogP contribution in [-0.4, -0.2) is 86.5 Å². The van der Waals surface area contributed by atoms with Crippen LogP contribution in [0.25, 0.3) is 0 Å². The van der Waals surface area contributed by atoms with Gasteiger partial charge in [-0.2, -0.15) is 0 Å². The van der Waals surface area contributed by atoms with Crippen LogP contribution in [0.2, 0.25) is 0 Å². The number of fused-ring (bicyclic) bond motifs is 9. The van der Waals surface area contributed by atoms with Crippen molar-refractivity contribution in [2.24, 2.45) is 0 Å². The molecular formula is C68H82O14. The fraction of sp³-hybridized carbons (Fsp3) is 0.471. The van der Waals surface area contributed by atoms with Gasteiger partial charge in [-0.3, -0.25) is 0 Å². The first-order chi connectivity index (χ1) is 39.3. The molecule has 0 saturated heterocycles. The van der Waals surface area contributed by atoms with E-state index in [9.17, 15) is 15.3 Å². The predicted molar refractivity (Wildman–Crippen MR) is 315 cm³/mol. The number of benzene rings is 6. The first kappa shape index (κ1) is 57.7. The van der Waals surface area contributed by atoms with E-state index in [0.29, 0.717) is 50.3 Å². The molecule has 438 valence electrons. The predicted octanol–water partition coefficient (Wildman–Crippen LogP) is 13.9. The van der Waals surface area contributed by atoms with Gasteiger partial charge in [0.05, 0.1) is 54.4 Å². The zero-order valence-corrected chi connectivity index (χ0v) is 49.7. The van der Waals surface area contributed by atoms with Crippen molar-refractivity contribution in [3.05, 3.63) is 129 Å². The van der Waals surface area contributed by atoms with Crippen molar-refractivity contribution in [2.75, 3.05) is 54.4 Å². The van der Waals surface area contributed by atoms with Crippen molar-refractivity contribution in [2.45, 2.75) is 154 Å². The molecule has 3 atom stereocenters. The molecule has 0 aromatic heterocycles. The Balaban J connectivity index is 0.000000138. The van der Waals surface area contributed by atoms with Gasteiger partial charge in [-0.25, -0.2) is 0 Å². The van der Waals surface area contributed by atoms with Gasteiger partial charge >= 0.3 is 0 Å². The fourth-order valence-electron chi connectivity index (χ4n) is 12.2. The SMILES string of the molecule is CCCOc1ccc([C@@H]2COc3c(c(OC)cc4c3CCC(C)(C)O4)C2)c(O)c1.CCOc1ccc([C@@H]2COc3c(c(OC)cc4c3CCC(C)(C)O4)C2)c(O)c1.COc1ccc([C@@H]2COc3c(ccc4c3CCC(C)(C)O4)C2)c(O)c1. The third-order valence-corrected chi connectivity index (χ3v) is 16.6. The quantitative estimate of drug-likeness (QED) is 0.112. The maximum Gasteiger partial charge on any atom is 0.133 e. The number of ether oxygens (including phenoxy) is 11. The van der Waals surface area contributed by atoms with E-state index in [0.717, 1.165) is 149 Å². The van der Waals surface area contributed by atoms with Crippen molar-refractivity contribution in [1.82, 2.24) is 0 Å². The Morgan fingerprint density at radius 2 is 0.866 bits per heavy atom. The van der Waals surface area contributed by atoms with E-state index in [1.165, 1.54) is 11.1 Å². The van der Waals surface area contributed by atoms with Crippen molar-refractivity contribution in [3.63, 3.8) is 0 Å². The molecule has 14 heteroatoms. The van der Waals surface area contributed by atoms with Gasteiger partial charge in [0.15, 0.2) is 0 Å². The minimum absolute atomic E-state index is 0.0515. The zero-order valence-electron chi connectivity index (χ0n) is 49.7. The lowest BCUT2D eigenvalue weighted by Crippen LogP contribution is -2.33. The molecule has 82 heavy (non-hydrogen) atoms. The van der Waals surface area contributed by atoms with Gasteiger partial charge in [-0.1, -0.05) is 31.2 Å². The average molecular weight is 1120 g/mol. The van der Waals surface area contributed by atoms with Crippen LogP contribution >= 0.6 is 0 Å². The molecule has 6 aromatic rings. The molecule has 0 amide bonds. The molecule has 6 aliphatic heterocycles. The fourth-order valence-corrected chi connectivity index (χ4v) is 12.2. The van der Waals surface area contributed by atoms with E-state index >= 15 is 0 Å². The molecule has 0 radical (unpaired) electrons. The highest BCUT2D eigenvalue weighted by atomic mass is 16.5. The van der Waals surface area contributed by atoms with Crippen LogP contribution in [0.5, 0.6) is 80.5 Å². The van der Waals surface area contributed by atoms with Crippen LogP contribution in [0.1, 0.15) is 149 Å². The van der Waals surface area contributed by atoms with Gasteiger partial charge in [0, 0.05) is 92.6 Å². The maximum atomic E-state index is 10.6. The second-order valence-electron chi connectivity index (χ2n) is 24.1. The summed E-state index contributed by atoms with van der Waals surface area (Å²) in [6.07, 6.45) is 8.99. The van der Waals surface area contributed by atoms with Gasteiger partial charge in [0.2, 0.25) is 0 Å². The second-order valence-corrected chi connectivity index (χ2v) is 24.1. The summed E-state index contributed by atoms with van der Waals surface area (Å²) < 4.78 is 64.7. The molecule has 6 heterocycles. The van der Waals surface area contributed by atoms with E-state index < -0.39 is 0 Å². The molecule has 0 spiro atoms. The molecule has 0 saturated carbocycles. The maximum absolute atomic E-state index is 10.6. The standard InChI is InChI=1S/C24H30O5.C23H28O5.C21H24O4/c1-5-10-27-16-6-7-17(20(25)12-16)15-11-19-21(26-4)13-22-18(23(19)28-14-15)8-9-24(2,3)29-22;1-5-26-15-6-7-16(19(24)11-15)14-10-18-20(25-4)12-21-17(22(18)27-13-14)8-9-23(2,3)28-21;1-21(2)9-8-17-19(25-21)7-4-13-10-14(12-24-20(13)17)16-6-5-15(23-3)11-18(16)22/h6-7,12-13,15,25H,5,8-11,14H2,1-4H3;6-7,11-12,14,24H,5,8-10,13H2,1-4H3;4-7,11,14,22H,8-10,12H2,1-3H3/t15-;2*14-/m000/s1. The summed E-state index contributed by atoms with van der Waals surface area (Å²) in [5, 5.41) is 31.4. The molecule has 0 aliphatic carbocycles. The number of phenolic OH excluding ortho intramolecular Hbond substituents is 3. The first-order valence-electron chi connectivity index (χ1n) is 29.1. The monoisotopic (exact) mass is 1120 g/mol. The molecule has 6 aromatic carbocycles. The van der Waals surface area contributed by atoms with Gasteiger partial charge < -0.3 is 67.4 Å². The van der Waals surface area contributed by atoms with Crippen LogP contribution in [0.4, 0.5) is 0 Å². The summed E-state index contributed by atoms with van der Waals surface area (Å²) in [5.74, 6) is 10.0. The largest absolute Gasteiger partial charge is 0.508 e. The van der Waals surface area contributed by atoms with Gasteiger partial charge in [0.1, 0.15) is 97.3 Å². The van der Waals surface area contributed by atoms with E-state index in [1.807, 2.05) is 55.5 Å². The lowest BCUT2D eigenvalue weighted by molar-refractivity contribution is 0.0817. The first-order valence-corrected chi connectivity index (χ1v) is 29.1. The Morgan fingerprint density at radius 1 is 0.451 bits per heavy atom. The zero-order chi connectivity index (χ0) is 58.1. The van der Waals surface area contributed by atoms with Gasteiger partial charge in [-0.15, -0.1) is 0 Å². The molecule has 0 unspecified atom stereocenters. The third-order valence-electron chi connectivity index (χ3n) is 16.6.